The van der Waals surface area contributed by atoms with E-state index in [0.29, 0.717) is 17.1 Å². The normalized spacial score (nSPS) is 11.9. The van der Waals surface area contributed by atoms with Crippen LogP contribution in [0.25, 0.3) is 0 Å². The van der Waals surface area contributed by atoms with Crippen LogP contribution < -0.4 is 9.62 Å². The van der Waals surface area contributed by atoms with Crippen molar-refractivity contribution in [3.05, 3.63) is 98.5 Å². The number of nitro groups is 1. The summed E-state index contributed by atoms with van der Waals surface area (Å²) in [5.41, 5.74) is 0.0770. The van der Waals surface area contributed by atoms with Crippen LogP contribution in [0.1, 0.15) is 38.7 Å². The summed E-state index contributed by atoms with van der Waals surface area (Å²) in [7, 11) is -4.36. The maximum Gasteiger partial charge on any atom is 0.271 e. The van der Waals surface area contributed by atoms with Crippen molar-refractivity contribution in [1.29, 1.82) is 0 Å². The molecule has 1 N–H and O–H groups in total. The standard InChI is InChI=1S/C29H32Cl2N4O6S/c1-3-5-16-32-29(37)27(4-2)33(19-21-14-15-22(30)17-26(21)31)28(36)20-34(23-10-9-11-24(18-23)35(38)39)42(40,41)25-12-7-6-8-13-25/h6-15,17-18,27H,3-5,16,19-20H2,1-2H3,(H,32,37)/t27-/m0/s1. The fourth-order valence-corrected chi connectivity index (χ4v) is 6.16. The van der Waals surface area contributed by atoms with Gasteiger partial charge in [-0.25, -0.2) is 8.42 Å². The number of carbonyl (C=O) groups is 2. The van der Waals surface area contributed by atoms with Crippen molar-refractivity contribution >= 4 is 56.4 Å². The second-order valence-corrected chi connectivity index (χ2v) is 12.1. The van der Waals surface area contributed by atoms with Gasteiger partial charge >= 0.3 is 0 Å². The van der Waals surface area contributed by atoms with E-state index in [-0.39, 0.29) is 34.3 Å². The van der Waals surface area contributed by atoms with Crippen molar-refractivity contribution in [2.45, 2.75) is 50.6 Å². The van der Waals surface area contributed by atoms with Gasteiger partial charge in [0.25, 0.3) is 15.7 Å². The Labute approximate surface area is 255 Å². The first-order chi connectivity index (χ1) is 20.0. The van der Waals surface area contributed by atoms with Crippen LogP contribution in [-0.4, -0.2) is 49.2 Å². The molecule has 2 amide bonds. The van der Waals surface area contributed by atoms with Crippen molar-refractivity contribution in [2.24, 2.45) is 0 Å². The third kappa shape index (κ3) is 8.21. The maximum atomic E-state index is 14.1. The van der Waals surface area contributed by atoms with Gasteiger partial charge in [0.1, 0.15) is 12.6 Å². The van der Waals surface area contributed by atoms with Crippen LogP contribution in [-0.2, 0) is 26.2 Å². The average molecular weight is 636 g/mol. The number of hydrogen-bond acceptors (Lipinski definition) is 6. The lowest BCUT2D eigenvalue weighted by Gasteiger charge is -2.33. The zero-order valence-corrected chi connectivity index (χ0v) is 25.5. The van der Waals surface area contributed by atoms with E-state index in [9.17, 15) is 28.1 Å². The van der Waals surface area contributed by atoms with Gasteiger partial charge in [-0.15, -0.1) is 0 Å². The molecule has 10 nitrogen and oxygen atoms in total. The Hall–Kier alpha value is -3.67. The fraction of sp³-hybridized carbons (Fsp3) is 0.310. The number of nitro benzene ring substituents is 1. The summed E-state index contributed by atoms with van der Waals surface area (Å²) in [6, 6.07) is 16.2. The van der Waals surface area contributed by atoms with E-state index in [1.165, 1.54) is 53.4 Å². The largest absolute Gasteiger partial charge is 0.354 e. The summed E-state index contributed by atoms with van der Waals surface area (Å²) in [6.07, 6.45) is 1.84. The van der Waals surface area contributed by atoms with E-state index in [2.05, 4.69) is 5.32 Å². The minimum atomic E-state index is -4.36. The lowest BCUT2D eigenvalue weighted by Crippen LogP contribution is -2.52. The SMILES string of the molecule is CCCCNC(=O)[C@H](CC)N(Cc1ccc(Cl)cc1Cl)C(=O)CN(c1cccc([N+](=O)[O-])c1)S(=O)(=O)c1ccccc1. The molecule has 1 atom stereocenters. The van der Waals surface area contributed by atoms with E-state index < -0.39 is 39.3 Å². The molecular weight excluding hydrogens is 603 g/mol. The molecule has 0 saturated carbocycles. The van der Waals surface area contributed by atoms with Crippen LogP contribution in [0.15, 0.2) is 77.7 Å². The number of rotatable bonds is 14. The molecule has 42 heavy (non-hydrogen) atoms. The van der Waals surface area contributed by atoms with E-state index in [1.807, 2.05) is 6.92 Å². The molecule has 13 heteroatoms. The first-order valence-corrected chi connectivity index (χ1v) is 15.5. The highest BCUT2D eigenvalue weighted by Crippen LogP contribution is 2.28. The van der Waals surface area contributed by atoms with Gasteiger partial charge in [-0.2, -0.15) is 0 Å². The monoisotopic (exact) mass is 634 g/mol. The van der Waals surface area contributed by atoms with Crippen molar-refractivity contribution < 1.29 is 22.9 Å². The molecule has 3 rings (SSSR count). The maximum absolute atomic E-state index is 14.1. The molecule has 0 aromatic heterocycles. The van der Waals surface area contributed by atoms with Crippen molar-refractivity contribution in [1.82, 2.24) is 10.2 Å². The number of anilines is 1. The first kappa shape index (κ1) is 32.8. The van der Waals surface area contributed by atoms with Gasteiger partial charge in [0.15, 0.2) is 0 Å². The summed E-state index contributed by atoms with van der Waals surface area (Å²) in [5.74, 6) is -1.10. The Kier molecular flexibility index (Phi) is 11.7. The van der Waals surface area contributed by atoms with Gasteiger partial charge in [-0.3, -0.25) is 24.0 Å². The van der Waals surface area contributed by atoms with Gasteiger partial charge in [0.2, 0.25) is 11.8 Å². The molecule has 0 unspecified atom stereocenters. The summed E-state index contributed by atoms with van der Waals surface area (Å²) < 4.78 is 28.5. The topological polar surface area (TPSA) is 130 Å². The summed E-state index contributed by atoms with van der Waals surface area (Å²) in [5, 5.41) is 15.0. The predicted molar refractivity (Wildman–Crippen MR) is 163 cm³/mol. The van der Waals surface area contributed by atoms with Crippen LogP contribution in [0.4, 0.5) is 11.4 Å². The number of nitrogens with one attached hydrogen (secondary N) is 1. The third-order valence-electron chi connectivity index (χ3n) is 6.51. The molecule has 0 saturated heterocycles. The van der Waals surface area contributed by atoms with E-state index >= 15 is 0 Å². The molecule has 0 aliphatic carbocycles. The highest BCUT2D eigenvalue weighted by Gasteiger charge is 2.34. The molecule has 0 fully saturated rings. The van der Waals surface area contributed by atoms with Crippen LogP contribution in [0, 0.1) is 10.1 Å². The van der Waals surface area contributed by atoms with Crippen molar-refractivity contribution in [3.63, 3.8) is 0 Å². The van der Waals surface area contributed by atoms with Crippen LogP contribution in [0.2, 0.25) is 10.0 Å². The van der Waals surface area contributed by atoms with Gasteiger partial charge in [0.05, 0.1) is 15.5 Å². The molecule has 3 aromatic carbocycles. The lowest BCUT2D eigenvalue weighted by atomic mass is 10.1. The quantitative estimate of drug-likeness (QED) is 0.135. The minimum absolute atomic E-state index is 0.0775. The molecule has 0 radical (unpaired) electrons. The van der Waals surface area contributed by atoms with Gasteiger partial charge < -0.3 is 10.2 Å². The highest BCUT2D eigenvalue weighted by molar-refractivity contribution is 7.92. The zero-order chi connectivity index (χ0) is 30.9. The van der Waals surface area contributed by atoms with Gasteiger partial charge in [0, 0.05) is 35.3 Å². The smallest absolute Gasteiger partial charge is 0.271 e. The second-order valence-electron chi connectivity index (χ2n) is 9.43. The molecular formula is C29H32Cl2N4O6S. The predicted octanol–water partition coefficient (Wildman–Crippen LogP) is 5.82. The Balaban J connectivity index is 2.09. The fourth-order valence-electron chi connectivity index (χ4n) is 4.27. The molecule has 224 valence electrons. The number of unbranched alkanes of at least 4 members (excludes halogenated alkanes) is 1. The number of amides is 2. The number of sulfonamides is 1. The number of benzene rings is 3. The third-order valence-corrected chi connectivity index (χ3v) is 8.88. The minimum Gasteiger partial charge on any atom is -0.354 e. The average Bonchev–Trinajstić information content (AvgIpc) is 2.97. The summed E-state index contributed by atoms with van der Waals surface area (Å²) in [6.45, 7) is 3.30. The number of nitrogens with zero attached hydrogens (tertiary/aromatic N) is 3. The number of non-ortho nitro benzene ring substituents is 1. The first-order valence-electron chi connectivity index (χ1n) is 13.3. The van der Waals surface area contributed by atoms with E-state index in [0.717, 1.165) is 23.2 Å². The number of carbonyl (C=O) groups excluding carboxylic acids is 2. The van der Waals surface area contributed by atoms with E-state index in [1.54, 1.807) is 25.1 Å². The summed E-state index contributed by atoms with van der Waals surface area (Å²) in [4.78, 5) is 39.3. The molecule has 0 heterocycles. The van der Waals surface area contributed by atoms with Gasteiger partial charge in [-0.1, -0.05) is 73.8 Å². The molecule has 0 spiro atoms. The molecule has 0 bridgehead atoms. The lowest BCUT2D eigenvalue weighted by molar-refractivity contribution is -0.384. The number of halogens is 2. The molecule has 0 aliphatic heterocycles. The Morgan fingerprint density at radius 3 is 2.33 bits per heavy atom. The van der Waals surface area contributed by atoms with Crippen LogP contribution >= 0.6 is 23.2 Å². The van der Waals surface area contributed by atoms with E-state index in [4.69, 9.17) is 23.2 Å². The Morgan fingerprint density at radius 1 is 1.00 bits per heavy atom. The second kappa shape index (κ2) is 15.0. The van der Waals surface area contributed by atoms with Crippen molar-refractivity contribution in [3.8, 4) is 0 Å². The molecule has 3 aromatic rings. The summed E-state index contributed by atoms with van der Waals surface area (Å²) >= 11 is 12.5. The Bertz CT molecular complexity index is 1520. The number of hydrogen-bond donors (Lipinski definition) is 1. The highest BCUT2D eigenvalue weighted by atomic mass is 35.5. The van der Waals surface area contributed by atoms with Crippen LogP contribution in [0.5, 0.6) is 0 Å². The zero-order valence-electron chi connectivity index (χ0n) is 23.2. The molecule has 0 aliphatic rings. The van der Waals surface area contributed by atoms with Crippen LogP contribution in [0.3, 0.4) is 0 Å². The van der Waals surface area contributed by atoms with Gasteiger partial charge in [-0.05, 0) is 48.7 Å². The van der Waals surface area contributed by atoms with Crippen molar-refractivity contribution in [2.75, 3.05) is 17.4 Å². The Morgan fingerprint density at radius 2 is 1.71 bits per heavy atom.